The fourth-order valence-electron chi connectivity index (χ4n) is 1.10. The summed E-state index contributed by atoms with van der Waals surface area (Å²) in [6.45, 7) is 0. The van der Waals surface area contributed by atoms with Crippen LogP contribution in [0.25, 0.3) is 11.0 Å². The Kier molecular flexibility index (Phi) is 1.47. The molecule has 2 aromatic rings. The first-order chi connectivity index (χ1) is 6.35. The summed E-state index contributed by atoms with van der Waals surface area (Å²) in [5, 5.41) is 21.7. The van der Waals surface area contributed by atoms with Crippen LogP contribution in [0.3, 0.4) is 0 Å². The zero-order chi connectivity index (χ0) is 9.26. The minimum absolute atomic E-state index is 0.312. The Balaban J connectivity index is 2.85. The van der Waals surface area contributed by atoms with Crippen molar-refractivity contribution in [1.29, 1.82) is 10.5 Å². The highest BCUT2D eigenvalue weighted by Gasteiger charge is 2.06. The molecule has 13 heavy (non-hydrogen) atoms. The van der Waals surface area contributed by atoms with E-state index in [1.807, 2.05) is 12.1 Å². The smallest absolute Gasteiger partial charge is 0.168 e. The summed E-state index contributed by atoms with van der Waals surface area (Å²) in [5.74, 6) is 0. The third-order valence-corrected chi connectivity index (χ3v) is 1.73. The monoisotopic (exact) mass is 169 g/mol. The highest BCUT2D eigenvalue weighted by Crippen LogP contribution is 2.18. The number of nitriles is 2. The highest BCUT2D eigenvalue weighted by atomic mass is 16.5. The molecule has 4 heteroatoms. The van der Waals surface area contributed by atoms with Crippen LogP contribution in [-0.2, 0) is 0 Å². The summed E-state index contributed by atoms with van der Waals surface area (Å²) in [5.41, 5.74) is 1.18. The summed E-state index contributed by atoms with van der Waals surface area (Å²) >= 11 is 0. The minimum atomic E-state index is 0.312. The molecule has 0 aliphatic heterocycles. The van der Waals surface area contributed by atoms with E-state index in [4.69, 9.17) is 15.0 Å². The topological polar surface area (TPSA) is 73.6 Å². The van der Waals surface area contributed by atoms with E-state index in [1.165, 1.54) is 12.3 Å². The van der Waals surface area contributed by atoms with Crippen molar-refractivity contribution in [2.75, 3.05) is 0 Å². The Labute approximate surface area is 73.6 Å². The van der Waals surface area contributed by atoms with Crippen LogP contribution in [0.1, 0.15) is 11.1 Å². The molecule has 1 aromatic carbocycles. The van der Waals surface area contributed by atoms with Crippen molar-refractivity contribution in [1.82, 2.24) is 5.16 Å². The number of nitrogens with zero attached hydrogens (tertiary/aromatic N) is 3. The second kappa shape index (κ2) is 2.62. The molecule has 0 saturated carbocycles. The van der Waals surface area contributed by atoms with Gasteiger partial charge in [-0.25, -0.2) is 0 Å². The van der Waals surface area contributed by atoms with Gasteiger partial charge in [0.1, 0.15) is 12.1 Å². The molecule has 0 unspecified atom stereocenters. The molecular formula is C9H3N3O. The number of benzene rings is 1. The lowest BCUT2D eigenvalue weighted by atomic mass is 10.1. The van der Waals surface area contributed by atoms with E-state index in [-0.39, 0.29) is 0 Å². The van der Waals surface area contributed by atoms with Crippen molar-refractivity contribution in [3.8, 4) is 12.1 Å². The summed E-state index contributed by atoms with van der Waals surface area (Å²) in [4.78, 5) is 0. The van der Waals surface area contributed by atoms with Gasteiger partial charge in [-0.3, -0.25) is 0 Å². The Morgan fingerprint density at radius 3 is 2.54 bits per heavy atom. The molecule has 1 aromatic heterocycles. The molecule has 0 N–H and O–H groups in total. The highest BCUT2D eigenvalue weighted by molar-refractivity contribution is 5.79. The van der Waals surface area contributed by atoms with Crippen LogP contribution in [0.5, 0.6) is 0 Å². The molecule has 4 nitrogen and oxygen atoms in total. The van der Waals surface area contributed by atoms with Crippen LogP contribution in [0.2, 0.25) is 0 Å². The Bertz CT molecular complexity index is 494. The molecule has 1 heterocycles. The Hall–Kier alpha value is -2.33. The van der Waals surface area contributed by atoms with Gasteiger partial charge in [-0.1, -0.05) is 5.16 Å². The first-order valence-electron chi connectivity index (χ1n) is 3.54. The predicted octanol–water partition coefficient (Wildman–Crippen LogP) is 1.57. The Morgan fingerprint density at radius 2 is 1.85 bits per heavy atom. The van der Waals surface area contributed by atoms with Crippen molar-refractivity contribution in [2.24, 2.45) is 0 Å². The van der Waals surface area contributed by atoms with Gasteiger partial charge in [-0.2, -0.15) is 10.5 Å². The normalized spacial score (nSPS) is 9.38. The van der Waals surface area contributed by atoms with Gasteiger partial charge < -0.3 is 4.52 Å². The van der Waals surface area contributed by atoms with E-state index in [1.54, 1.807) is 6.07 Å². The van der Waals surface area contributed by atoms with Crippen molar-refractivity contribution in [3.63, 3.8) is 0 Å². The standard InChI is InChI=1S/C9H3N3O/c10-3-6-1-8-5-12-13-9(8)2-7(6)4-11/h1-2,5H. The fraction of sp³-hybridized carbons (Fsp3) is 0. The number of hydrogen-bond donors (Lipinski definition) is 0. The molecule has 0 aliphatic rings. The van der Waals surface area contributed by atoms with Gasteiger partial charge in [0.25, 0.3) is 0 Å². The summed E-state index contributed by atoms with van der Waals surface area (Å²) in [7, 11) is 0. The number of rotatable bonds is 0. The van der Waals surface area contributed by atoms with Crippen LogP contribution in [0.15, 0.2) is 22.9 Å². The van der Waals surface area contributed by atoms with Crippen molar-refractivity contribution in [3.05, 3.63) is 29.5 Å². The van der Waals surface area contributed by atoms with Crippen molar-refractivity contribution >= 4 is 11.0 Å². The Morgan fingerprint density at radius 1 is 1.15 bits per heavy atom. The molecule has 60 valence electrons. The number of aromatic nitrogens is 1. The average molecular weight is 169 g/mol. The van der Waals surface area contributed by atoms with E-state index < -0.39 is 0 Å². The lowest BCUT2D eigenvalue weighted by molar-refractivity contribution is 0.456. The second-order valence-electron chi connectivity index (χ2n) is 2.49. The third kappa shape index (κ3) is 1.02. The maximum atomic E-state index is 8.69. The summed E-state index contributed by atoms with van der Waals surface area (Å²) in [6, 6.07) is 6.96. The van der Waals surface area contributed by atoms with E-state index in [0.29, 0.717) is 16.7 Å². The molecule has 0 fully saturated rings. The van der Waals surface area contributed by atoms with E-state index in [0.717, 1.165) is 5.39 Å². The zero-order valence-corrected chi connectivity index (χ0v) is 6.48. The first-order valence-corrected chi connectivity index (χ1v) is 3.54. The average Bonchev–Trinajstić information content (AvgIpc) is 2.62. The van der Waals surface area contributed by atoms with E-state index in [2.05, 4.69) is 5.16 Å². The zero-order valence-electron chi connectivity index (χ0n) is 6.48. The third-order valence-electron chi connectivity index (χ3n) is 1.73. The first kappa shape index (κ1) is 7.33. The SMILES string of the molecule is N#Cc1cc2cnoc2cc1C#N. The van der Waals surface area contributed by atoms with Crippen LogP contribution >= 0.6 is 0 Å². The van der Waals surface area contributed by atoms with Crippen LogP contribution in [-0.4, -0.2) is 5.16 Å². The van der Waals surface area contributed by atoms with E-state index >= 15 is 0 Å². The molecule has 0 amide bonds. The lowest BCUT2D eigenvalue weighted by Gasteiger charge is -1.91. The van der Waals surface area contributed by atoms with Crippen LogP contribution < -0.4 is 0 Å². The molecule has 2 rings (SSSR count). The fourth-order valence-corrected chi connectivity index (χ4v) is 1.10. The predicted molar refractivity (Wildman–Crippen MR) is 43.4 cm³/mol. The van der Waals surface area contributed by atoms with E-state index in [9.17, 15) is 0 Å². The maximum Gasteiger partial charge on any atom is 0.168 e. The molecule has 0 spiro atoms. The maximum absolute atomic E-state index is 8.69. The quantitative estimate of drug-likeness (QED) is 0.599. The van der Waals surface area contributed by atoms with Crippen molar-refractivity contribution in [2.45, 2.75) is 0 Å². The lowest BCUT2D eigenvalue weighted by Crippen LogP contribution is -1.81. The molecule has 0 bridgehead atoms. The molecular weight excluding hydrogens is 166 g/mol. The molecule has 0 atom stereocenters. The minimum Gasteiger partial charge on any atom is -0.356 e. The second-order valence-corrected chi connectivity index (χ2v) is 2.49. The largest absolute Gasteiger partial charge is 0.356 e. The van der Waals surface area contributed by atoms with Gasteiger partial charge in [0.2, 0.25) is 0 Å². The molecule has 0 aliphatic carbocycles. The van der Waals surface area contributed by atoms with Crippen LogP contribution in [0.4, 0.5) is 0 Å². The molecule has 0 radical (unpaired) electrons. The number of hydrogen-bond acceptors (Lipinski definition) is 4. The van der Waals surface area contributed by atoms with Gasteiger partial charge in [0, 0.05) is 11.5 Å². The van der Waals surface area contributed by atoms with Gasteiger partial charge in [0.15, 0.2) is 5.58 Å². The van der Waals surface area contributed by atoms with Crippen LogP contribution in [0, 0.1) is 22.7 Å². The summed E-state index contributed by atoms with van der Waals surface area (Å²) in [6.07, 6.45) is 1.51. The van der Waals surface area contributed by atoms with Gasteiger partial charge >= 0.3 is 0 Å². The van der Waals surface area contributed by atoms with Crippen molar-refractivity contribution < 1.29 is 4.52 Å². The van der Waals surface area contributed by atoms with Gasteiger partial charge in [0.05, 0.1) is 17.3 Å². The number of fused-ring (bicyclic) bond motifs is 1. The van der Waals surface area contributed by atoms with Gasteiger partial charge in [-0.05, 0) is 6.07 Å². The summed E-state index contributed by atoms with van der Waals surface area (Å²) < 4.78 is 4.85. The molecule has 0 saturated heterocycles. The van der Waals surface area contributed by atoms with Gasteiger partial charge in [-0.15, -0.1) is 0 Å².